The van der Waals surface area contributed by atoms with Gasteiger partial charge in [0, 0.05) is 62.1 Å². The number of aryl methyl sites for hydroxylation is 1. The van der Waals surface area contributed by atoms with Gasteiger partial charge in [0.05, 0.1) is 24.9 Å². The number of rotatable bonds is 6. The standard InChI is InChI=1S/C35H37N9O3/c1-21-4-5-27-16-26(10-11-31(27)44(21)23(3)45)25-8-6-24(7-9-25)22(2)39-34(46)30-20-43-19-29(28-17-37-35(36)38-18-28)40-32(33(43)41-30)42-12-14-47-15-13-42/h6-11,16-22H,4-5,12-15H2,1-3H3,(H,39,46)(H2,36,37,38)/t21-,22-/m0/s1. The third-order valence-electron chi connectivity index (χ3n) is 8.97. The number of hydrogen-bond acceptors (Lipinski definition) is 9. The summed E-state index contributed by atoms with van der Waals surface area (Å²) < 4.78 is 7.38. The summed E-state index contributed by atoms with van der Waals surface area (Å²) in [5.74, 6) is 0.636. The zero-order chi connectivity index (χ0) is 32.7. The second-order valence-corrected chi connectivity index (χ2v) is 12.2. The Balaban J connectivity index is 1.11. The Morgan fingerprint density at radius 3 is 2.43 bits per heavy atom. The Kier molecular flexibility index (Phi) is 8.02. The van der Waals surface area contributed by atoms with Gasteiger partial charge in [0.1, 0.15) is 5.69 Å². The van der Waals surface area contributed by atoms with Crippen LogP contribution in [0, 0.1) is 0 Å². The molecule has 3 N–H and O–H groups in total. The fourth-order valence-electron chi connectivity index (χ4n) is 6.42. The van der Waals surface area contributed by atoms with Crippen LogP contribution in [-0.2, 0) is 16.0 Å². The van der Waals surface area contributed by atoms with E-state index < -0.39 is 0 Å². The molecule has 7 rings (SSSR count). The third-order valence-corrected chi connectivity index (χ3v) is 8.97. The SMILES string of the molecule is CC(=O)N1c2ccc(-c3ccc([C@H](C)NC(=O)c4cn5cc(-c6cnc(N)nc6)nc(N6CCOCC6)c5n4)cc3)cc2CC[C@@H]1C. The number of fused-ring (bicyclic) bond motifs is 2. The fourth-order valence-corrected chi connectivity index (χ4v) is 6.42. The van der Waals surface area contributed by atoms with Gasteiger partial charge in [0.2, 0.25) is 11.9 Å². The van der Waals surface area contributed by atoms with Crippen molar-refractivity contribution in [3.63, 3.8) is 0 Å². The first-order chi connectivity index (χ1) is 22.7. The minimum Gasteiger partial charge on any atom is -0.378 e. The fraction of sp³-hybridized carbons (Fsp3) is 0.314. The third kappa shape index (κ3) is 5.99. The number of aromatic nitrogens is 5. The number of carbonyl (C=O) groups excluding carboxylic acids is 2. The van der Waals surface area contributed by atoms with E-state index in [2.05, 4.69) is 57.4 Å². The molecule has 2 atom stereocenters. The van der Waals surface area contributed by atoms with Gasteiger partial charge in [0.25, 0.3) is 5.91 Å². The lowest BCUT2D eigenvalue weighted by Crippen LogP contribution is -2.40. The minimum atomic E-state index is -0.283. The number of morpholine rings is 1. The maximum Gasteiger partial charge on any atom is 0.271 e. The molecule has 1 saturated heterocycles. The summed E-state index contributed by atoms with van der Waals surface area (Å²) in [6.45, 7) is 8.16. The first-order valence-corrected chi connectivity index (χ1v) is 15.9. The van der Waals surface area contributed by atoms with Gasteiger partial charge in [0.15, 0.2) is 11.5 Å². The Morgan fingerprint density at radius 1 is 0.979 bits per heavy atom. The Morgan fingerprint density at radius 2 is 1.70 bits per heavy atom. The van der Waals surface area contributed by atoms with Crippen molar-refractivity contribution in [3.8, 4) is 22.4 Å². The molecule has 2 aliphatic rings. The number of anilines is 3. The van der Waals surface area contributed by atoms with Crippen molar-refractivity contribution in [2.75, 3.05) is 41.8 Å². The predicted molar refractivity (Wildman–Crippen MR) is 180 cm³/mol. The highest BCUT2D eigenvalue weighted by molar-refractivity contribution is 5.94. The summed E-state index contributed by atoms with van der Waals surface area (Å²) in [4.78, 5) is 47.6. The summed E-state index contributed by atoms with van der Waals surface area (Å²) in [7, 11) is 0. The van der Waals surface area contributed by atoms with Crippen molar-refractivity contribution < 1.29 is 14.3 Å². The van der Waals surface area contributed by atoms with Crippen molar-refractivity contribution >= 4 is 34.9 Å². The van der Waals surface area contributed by atoms with Crippen LogP contribution < -0.4 is 20.9 Å². The Bertz CT molecular complexity index is 1950. The lowest BCUT2D eigenvalue weighted by molar-refractivity contribution is -0.117. The molecular weight excluding hydrogens is 594 g/mol. The summed E-state index contributed by atoms with van der Waals surface area (Å²) >= 11 is 0. The molecule has 0 bridgehead atoms. The van der Waals surface area contributed by atoms with E-state index in [0.717, 1.165) is 35.2 Å². The molecule has 5 heterocycles. The smallest absolute Gasteiger partial charge is 0.271 e. The summed E-state index contributed by atoms with van der Waals surface area (Å²) in [6, 6.07) is 14.5. The van der Waals surface area contributed by atoms with E-state index in [9.17, 15) is 9.59 Å². The first kappa shape index (κ1) is 30.3. The van der Waals surface area contributed by atoms with Crippen LogP contribution in [-0.4, -0.2) is 68.5 Å². The summed E-state index contributed by atoms with van der Waals surface area (Å²) in [5.41, 5.74) is 13.3. The molecular formula is C35H37N9O3. The van der Waals surface area contributed by atoms with Crippen LogP contribution in [0.15, 0.2) is 67.3 Å². The van der Waals surface area contributed by atoms with Crippen molar-refractivity contribution in [3.05, 3.63) is 84.1 Å². The molecule has 12 heteroatoms. The second kappa shape index (κ2) is 12.4. The van der Waals surface area contributed by atoms with E-state index in [-0.39, 0.29) is 29.8 Å². The number of imidazole rings is 1. The van der Waals surface area contributed by atoms with Crippen LogP contribution in [0.4, 0.5) is 17.5 Å². The summed E-state index contributed by atoms with van der Waals surface area (Å²) in [6.07, 6.45) is 8.69. The van der Waals surface area contributed by atoms with Crippen LogP contribution in [0.5, 0.6) is 0 Å². The Labute approximate surface area is 272 Å². The monoisotopic (exact) mass is 631 g/mol. The van der Waals surface area contributed by atoms with Crippen molar-refractivity contribution in [1.29, 1.82) is 0 Å². The number of amides is 2. The number of nitrogens with one attached hydrogen (secondary N) is 1. The van der Waals surface area contributed by atoms with Gasteiger partial charge in [-0.3, -0.25) is 9.59 Å². The van der Waals surface area contributed by atoms with E-state index in [4.69, 9.17) is 20.4 Å². The number of nitrogen functional groups attached to an aromatic ring is 1. The molecule has 12 nitrogen and oxygen atoms in total. The molecule has 2 aliphatic heterocycles. The topological polar surface area (TPSA) is 144 Å². The molecule has 0 spiro atoms. The number of nitrogens with zero attached hydrogens (tertiary/aromatic N) is 7. The lowest BCUT2D eigenvalue weighted by atomic mass is 9.92. The van der Waals surface area contributed by atoms with Gasteiger partial charge in [-0.25, -0.2) is 19.9 Å². The predicted octanol–water partition coefficient (Wildman–Crippen LogP) is 4.45. The molecule has 2 amide bonds. The molecule has 1 fully saturated rings. The molecule has 2 aromatic carbocycles. The van der Waals surface area contributed by atoms with E-state index in [0.29, 0.717) is 54.7 Å². The number of carbonyl (C=O) groups is 2. The van der Waals surface area contributed by atoms with E-state index in [1.807, 2.05) is 34.6 Å². The number of nitrogens with two attached hydrogens (primary N) is 1. The number of hydrogen-bond donors (Lipinski definition) is 2. The average molecular weight is 632 g/mol. The quantitative estimate of drug-likeness (QED) is 0.278. The maximum atomic E-state index is 13.5. The van der Waals surface area contributed by atoms with Gasteiger partial charge in [-0.2, -0.15) is 0 Å². The van der Waals surface area contributed by atoms with Gasteiger partial charge in [-0.05, 0) is 61.1 Å². The van der Waals surface area contributed by atoms with E-state index in [1.165, 1.54) is 5.56 Å². The molecule has 240 valence electrons. The molecule has 0 aliphatic carbocycles. The lowest BCUT2D eigenvalue weighted by Gasteiger charge is -2.34. The summed E-state index contributed by atoms with van der Waals surface area (Å²) in [5, 5.41) is 3.10. The highest BCUT2D eigenvalue weighted by Crippen LogP contribution is 2.34. The van der Waals surface area contributed by atoms with E-state index in [1.54, 1.807) is 25.5 Å². The van der Waals surface area contributed by atoms with Crippen LogP contribution in [0.2, 0.25) is 0 Å². The van der Waals surface area contributed by atoms with Crippen LogP contribution in [0.1, 0.15) is 54.8 Å². The second-order valence-electron chi connectivity index (χ2n) is 12.2. The highest BCUT2D eigenvalue weighted by atomic mass is 16.5. The van der Waals surface area contributed by atoms with Crippen molar-refractivity contribution in [2.24, 2.45) is 0 Å². The van der Waals surface area contributed by atoms with Crippen LogP contribution in [0.3, 0.4) is 0 Å². The zero-order valence-electron chi connectivity index (χ0n) is 26.7. The highest BCUT2D eigenvalue weighted by Gasteiger charge is 2.26. The normalized spacial score (nSPS) is 17.0. The zero-order valence-corrected chi connectivity index (χ0v) is 26.7. The van der Waals surface area contributed by atoms with Gasteiger partial charge < -0.3 is 30.0 Å². The molecule has 0 unspecified atom stereocenters. The van der Waals surface area contributed by atoms with Gasteiger partial charge in [-0.1, -0.05) is 30.3 Å². The molecule has 3 aromatic heterocycles. The molecule has 47 heavy (non-hydrogen) atoms. The maximum absolute atomic E-state index is 13.5. The largest absolute Gasteiger partial charge is 0.378 e. The van der Waals surface area contributed by atoms with Crippen molar-refractivity contribution in [2.45, 2.75) is 45.7 Å². The molecule has 5 aromatic rings. The molecule has 0 radical (unpaired) electrons. The van der Waals surface area contributed by atoms with Gasteiger partial charge in [-0.15, -0.1) is 0 Å². The minimum absolute atomic E-state index is 0.0717. The van der Waals surface area contributed by atoms with Crippen LogP contribution in [0.25, 0.3) is 28.0 Å². The first-order valence-electron chi connectivity index (χ1n) is 15.9. The number of benzene rings is 2. The average Bonchev–Trinajstić information content (AvgIpc) is 3.53. The van der Waals surface area contributed by atoms with Crippen molar-refractivity contribution in [1.82, 2.24) is 29.7 Å². The van der Waals surface area contributed by atoms with E-state index >= 15 is 0 Å². The number of ether oxygens (including phenoxy) is 1. The molecule has 0 saturated carbocycles. The Hall–Kier alpha value is -5.36. The van der Waals surface area contributed by atoms with Crippen LogP contribution >= 0.6 is 0 Å². The van der Waals surface area contributed by atoms with Gasteiger partial charge >= 0.3 is 0 Å².